The van der Waals surface area contributed by atoms with Crippen LogP contribution in [0.4, 0.5) is 0 Å². The first-order valence-corrected chi connectivity index (χ1v) is 14.3. The number of hydrogen-bond donors (Lipinski definition) is 0. The number of ether oxygens (including phenoxy) is 2. The number of Topliss-reactive ketones (excluding diaryl/α,β-unsaturated/α-hetero) is 1. The Morgan fingerprint density at radius 2 is 1.03 bits per heavy atom. The molecule has 0 spiro atoms. The SMILES string of the molecule is CCC=C(C)C(=O)OOC(=O)CC(C)=O.CCCCCCCCOC(=O)/C=C\C(=O)OCCCCCCCC. The molecular formula is C30H50O9. The molecular weight excluding hydrogens is 504 g/mol. The molecule has 0 atom stereocenters. The van der Waals surface area contributed by atoms with Crippen LogP contribution in [0.3, 0.4) is 0 Å². The summed E-state index contributed by atoms with van der Waals surface area (Å²) in [4.78, 5) is 63.6. The van der Waals surface area contributed by atoms with Gasteiger partial charge in [0.25, 0.3) is 0 Å². The van der Waals surface area contributed by atoms with Crippen molar-refractivity contribution in [3.05, 3.63) is 23.8 Å². The van der Waals surface area contributed by atoms with E-state index in [0.29, 0.717) is 25.2 Å². The van der Waals surface area contributed by atoms with E-state index in [9.17, 15) is 24.0 Å². The number of hydrogen-bond acceptors (Lipinski definition) is 9. The molecule has 9 heteroatoms. The molecule has 9 nitrogen and oxygen atoms in total. The molecule has 0 amide bonds. The zero-order valence-electron chi connectivity index (χ0n) is 24.7. The van der Waals surface area contributed by atoms with Crippen molar-refractivity contribution >= 4 is 29.7 Å². The monoisotopic (exact) mass is 554 g/mol. The third kappa shape index (κ3) is 29.4. The normalized spacial score (nSPS) is 10.8. The standard InChI is InChI=1S/C20H36O4.C10H14O5/c1-3-5-7-9-11-13-17-23-19(21)15-16-20(22)24-18-14-12-10-8-6-4-2;1-4-5-7(2)10(13)15-14-9(12)6-8(3)11/h15-16H,3-14,17-18H2,1-2H3;5H,4,6H2,1-3H3/b16-15-;. The van der Waals surface area contributed by atoms with E-state index in [0.717, 1.165) is 37.8 Å². The lowest BCUT2D eigenvalue weighted by Crippen LogP contribution is -2.14. The fraction of sp³-hybridized carbons (Fsp3) is 0.700. The van der Waals surface area contributed by atoms with Crippen molar-refractivity contribution < 1.29 is 43.2 Å². The largest absolute Gasteiger partial charge is 0.463 e. The molecule has 224 valence electrons. The molecule has 0 heterocycles. The second kappa shape index (κ2) is 28.0. The van der Waals surface area contributed by atoms with Crippen LogP contribution in [-0.4, -0.2) is 42.9 Å². The van der Waals surface area contributed by atoms with Crippen molar-refractivity contribution in [2.24, 2.45) is 0 Å². The van der Waals surface area contributed by atoms with E-state index in [1.54, 1.807) is 13.0 Å². The number of carbonyl (C=O) groups is 5. The van der Waals surface area contributed by atoms with E-state index in [2.05, 4.69) is 23.6 Å². The Morgan fingerprint density at radius 1 is 0.590 bits per heavy atom. The Hall–Kier alpha value is -2.97. The highest BCUT2D eigenvalue weighted by molar-refractivity contribution is 5.94. The first kappa shape index (κ1) is 38.2. The second-order valence-corrected chi connectivity index (χ2v) is 9.20. The fourth-order valence-corrected chi connectivity index (χ4v) is 3.11. The molecule has 0 rings (SSSR count). The van der Waals surface area contributed by atoms with Crippen molar-refractivity contribution in [1.29, 1.82) is 0 Å². The van der Waals surface area contributed by atoms with E-state index in [-0.39, 0.29) is 5.78 Å². The molecule has 0 aliphatic heterocycles. The van der Waals surface area contributed by atoms with Gasteiger partial charge in [0.15, 0.2) is 0 Å². The summed E-state index contributed by atoms with van der Waals surface area (Å²) < 4.78 is 10.1. The van der Waals surface area contributed by atoms with Gasteiger partial charge in [0.05, 0.1) is 13.2 Å². The van der Waals surface area contributed by atoms with Crippen LogP contribution in [0.15, 0.2) is 23.8 Å². The molecule has 0 aromatic heterocycles. The highest BCUT2D eigenvalue weighted by Crippen LogP contribution is 2.06. The van der Waals surface area contributed by atoms with Crippen LogP contribution in [0.25, 0.3) is 0 Å². The molecule has 0 N–H and O–H groups in total. The Morgan fingerprint density at radius 3 is 1.44 bits per heavy atom. The van der Waals surface area contributed by atoms with Crippen LogP contribution in [0.5, 0.6) is 0 Å². The minimum absolute atomic E-state index is 0.350. The topological polar surface area (TPSA) is 122 Å². The molecule has 0 fully saturated rings. The van der Waals surface area contributed by atoms with Crippen molar-refractivity contribution in [2.45, 2.75) is 125 Å². The molecule has 0 aromatic rings. The van der Waals surface area contributed by atoms with Gasteiger partial charge in [0, 0.05) is 17.7 Å². The molecule has 0 saturated carbocycles. The van der Waals surface area contributed by atoms with Crippen LogP contribution in [-0.2, 0) is 43.2 Å². The average Bonchev–Trinajstić information content (AvgIpc) is 2.89. The van der Waals surface area contributed by atoms with Gasteiger partial charge < -0.3 is 9.47 Å². The maximum atomic E-state index is 11.4. The maximum absolute atomic E-state index is 11.4. The summed E-state index contributed by atoms with van der Waals surface area (Å²) in [6.07, 6.45) is 18.0. The van der Waals surface area contributed by atoms with E-state index in [1.165, 1.54) is 58.3 Å². The lowest BCUT2D eigenvalue weighted by atomic mass is 10.1. The van der Waals surface area contributed by atoms with Gasteiger partial charge in [0.2, 0.25) is 0 Å². The van der Waals surface area contributed by atoms with Crippen molar-refractivity contribution in [3.63, 3.8) is 0 Å². The van der Waals surface area contributed by atoms with Crippen LogP contribution in [0, 0.1) is 0 Å². The Kier molecular flexibility index (Phi) is 27.5. The van der Waals surface area contributed by atoms with Gasteiger partial charge in [-0.05, 0) is 33.1 Å². The molecule has 0 bridgehead atoms. The van der Waals surface area contributed by atoms with Gasteiger partial charge in [0.1, 0.15) is 12.2 Å². The summed E-state index contributed by atoms with van der Waals surface area (Å²) in [6, 6.07) is 0. The first-order valence-electron chi connectivity index (χ1n) is 14.3. The summed E-state index contributed by atoms with van der Waals surface area (Å²) in [7, 11) is 0. The highest BCUT2D eigenvalue weighted by atomic mass is 17.2. The van der Waals surface area contributed by atoms with Gasteiger partial charge in [-0.2, -0.15) is 0 Å². The number of ketones is 1. The summed E-state index contributed by atoms with van der Waals surface area (Å²) in [5.74, 6) is -2.90. The van der Waals surface area contributed by atoms with Crippen LogP contribution in [0.1, 0.15) is 125 Å². The lowest BCUT2D eigenvalue weighted by Gasteiger charge is -2.03. The zero-order valence-corrected chi connectivity index (χ0v) is 24.7. The molecule has 0 radical (unpaired) electrons. The minimum atomic E-state index is -0.875. The Bertz CT molecular complexity index is 722. The van der Waals surface area contributed by atoms with Gasteiger partial charge in [-0.1, -0.05) is 91.1 Å². The first-order chi connectivity index (χ1) is 18.7. The van der Waals surface area contributed by atoms with E-state index < -0.39 is 30.3 Å². The maximum Gasteiger partial charge on any atom is 0.381 e. The number of unbranched alkanes of at least 4 members (excludes halogenated alkanes) is 10. The van der Waals surface area contributed by atoms with Gasteiger partial charge in [-0.3, -0.25) is 4.79 Å². The molecule has 0 aliphatic rings. The molecule has 0 aliphatic carbocycles. The summed E-state index contributed by atoms with van der Waals surface area (Å²) >= 11 is 0. The number of carbonyl (C=O) groups excluding carboxylic acids is 5. The summed E-state index contributed by atoms with van der Waals surface area (Å²) in [5.41, 5.74) is 0.355. The number of esters is 2. The number of allylic oxidation sites excluding steroid dienone is 1. The molecule has 0 aromatic carbocycles. The zero-order chi connectivity index (χ0) is 29.7. The quantitative estimate of drug-likeness (QED) is 0.0405. The van der Waals surface area contributed by atoms with Crippen molar-refractivity contribution in [2.75, 3.05) is 13.2 Å². The highest BCUT2D eigenvalue weighted by Gasteiger charge is 2.12. The van der Waals surface area contributed by atoms with Crippen LogP contribution < -0.4 is 0 Å². The average molecular weight is 555 g/mol. The van der Waals surface area contributed by atoms with E-state index >= 15 is 0 Å². The molecule has 0 saturated heterocycles. The van der Waals surface area contributed by atoms with Gasteiger partial charge in [-0.25, -0.2) is 29.0 Å². The van der Waals surface area contributed by atoms with E-state index in [1.807, 2.05) is 6.92 Å². The second-order valence-electron chi connectivity index (χ2n) is 9.20. The molecule has 0 unspecified atom stereocenters. The minimum Gasteiger partial charge on any atom is -0.463 e. The van der Waals surface area contributed by atoms with E-state index in [4.69, 9.17) is 9.47 Å². The summed E-state index contributed by atoms with van der Waals surface area (Å²) in [6.45, 7) is 9.86. The third-order valence-electron chi connectivity index (χ3n) is 5.28. The fourth-order valence-electron chi connectivity index (χ4n) is 3.11. The predicted octanol–water partition coefficient (Wildman–Crippen LogP) is 6.67. The number of rotatable bonds is 20. The van der Waals surface area contributed by atoms with Crippen LogP contribution in [0.2, 0.25) is 0 Å². The smallest absolute Gasteiger partial charge is 0.381 e. The van der Waals surface area contributed by atoms with Gasteiger partial charge in [-0.15, -0.1) is 0 Å². The van der Waals surface area contributed by atoms with Crippen molar-refractivity contribution in [1.82, 2.24) is 0 Å². The Labute approximate surface area is 234 Å². The van der Waals surface area contributed by atoms with Crippen molar-refractivity contribution in [3.8, 4) is 0 Å². The third-order valence-corrected chi connectivity index (χ3v) is 5.28. The predicted molar refractivity (Wildman–Crippen MR) is 149 cm³/mol. The lowest BCUT2D eigenvalue weighted by molar-refractivity contribution is -0.255. The Balaban J connectivity index is 0. The van der Waals surface area contributed by atoms with Crippen LogP contribution >= 0.6 is 0 Å². The molecule has 39 heavy (non-hydrogen) atoms. The summed E-state index contributed by atoms with van der Waals surface area (Å²) in [5, 5.41) is 0. The van der Waals surface area contributed by atoms with Gasteiger partial charge >= 0.3 is 23.9 Å².